The summed E-state index contributed by atoms with van der Waals surface area (Å²) in [5.41, 5.74) is -1.64. The Labute approximate surface area is 135 Å². The van der Waals surface area contributed by atoms with Crippen LogP contribution >= 0.6 is 0 Å². The topological polar surface area (TPSA) is 68.3 Å². The molecule has 0 aliphatic rings. The lowest BCUT2D eigenvalue weighted by atomic mass is 10.1. The summed E-state index contributed by atoms with van der Waals surface area (Å²) in [5.74, 6) is -1.71. The molecule has 2 aromatic rings. The van der Waals surface area contributed by atoms with Gasteiger partial charge >= 0.3 is 12.1 Å². The van der Waals surface area contributed by atoms with Crippen LogP contribution in [0, 0.1) is 0 Å². The summed E-state index contributed by atoms with van der Waals surface area (Å²) in [5, 5.41) is 2.30. The fourth-order valence-electron chi connectivity index (χ4n) is 1.99. The van der Waals surface area contributed by atoms with Gasteiger partial charge in [-0.15, -0.1) is 0 Å². The fourth-order valence-corrected chi connectivity index (χ4v) is 1.99. The third-order valence-electron chi connectivity index (χ3n) is 3.04. The van der Waals surface area contributed by atoms with Crippen LogP contribution in [0.1, 0.15) is 33.2 Å². The summed E-state index contributed by atoms with van der Waals surface area (Å²) in [4.78, 5) is 27.6. The first-order valence-electron chi connectivity index (χ1n) is 6.93. The van der Waals surface area contributed by atoms with Gasteiger partial charge in [-0.05, 0) is 25.1 Å². The van der Waals surface area contributed by atoms with Crippen LogP contribution in [-0.4, -0.2) is 23.5 Å². The number of ether oxygens (including phenoxy) is 1. The summed E-state index contributed by atoms with van der Waals surface area (Å²) in [6.07, 6.45) is -2.92. The number of nitrogens with one attached hydrogen (secondary N) is 1. The molecule has 0 saturated carbocycles. The second-order valence-corrected chi connectivity index (χ2v) is 4.64. The molecule has 1 amide bonds. The van der Waals surface area contributed by atoms with Crippen LogP contribution < -0.4 is 5.32 Å². The number of para-hydroxylation sites is 1. The predicted molar refractivity (Wildman–Crippen MR) is 79.6 cm³/mol. The molecule has 2 rings (SSSR count). The lowest BCUT2D eigenvalue weighted by Gasteiger charge is -2.13. The van der Waals surface area contributed by atoms with Gasteiger partial charge in [0.05, 0.1) is 29.0 Å². The van der Waals surface area contributed by atoms with Gasteiger partial charge in [0.1, 0.15) is 0 Å². The molecular formula is C16H13F3N2O3. The lowest BCUT2D eigenvalue weighted by molar-refractivity contribution is -0.138. The van der Waals surface area contributed by atoms with E-state index in [0.29, 0.717) is 6.07 Å². The number of pyridine rings is 1. The number of alkyl halides is 3. The van der Waals surface area contributed by atoms with Crippen molar-refractivity contribution in [1.29, 1.82) is 0 Å². The Morgan fingerprint density at radius 1 is 1.17 bits per heavy atom. The fraction of sp³-hybridized carbons (Fsp3) is 0.188. The van der Waals surface area contributed by atoms with Crippen LogP contribution in [0.25, 0.3) is 0 Å². The summed E-state index contributed by atoms with van der Waals surface area (Å²) >= 11 is 0. The molecule has 1 aromatic heterocycles. The molecule has 0 spiro atoms. The molecule has 126 valence electrons. The Morgan fingerprint density at radius 3 is 2.54 bits per heavy atom. The first kappa shape index (κ1) is 17.5. The maximum absolute atomic E-state index is 13.0. The molecule has 0 radical (unpaired) electrons. The Morgan fingerprint density at radius 2 is 1.88 bits per heavy atom. The maximum atomic E-state index is 13.0. The maximum Gasteiger partial charge on any atom is 0.417 e. The van der Waals surface area contributed by atoms with Gasteiger partial charge in [0.2, 0.25) is 0 Å². The van der Waals surface area contributed by atoms with E-state index < -0.39 is 29.2 Å². The quantitative estimate of drug-likeness (QED) is 0.866. The molecule has 0 fully saturated rings. The van der Waals surface area contributed by atoms with Gasteiger partial charge in [0, 0.05) is 12.4 Å². The Hall–Kier alpha value is -2.90. The van der Waals surface area contributed by atoms with E-state index in [0.717, 1.165) is 12.4 Å². The van der Waals surface area contributed by atoms with Crippen molar-refractivity contribution >= 4 is 17.6 Å². The Kier molecular flexibility index (Phi) is 5.18. The second kappa shape index (κ2) is 7.12. The van der Waals surface area contributed by atoms with Gasteiger partial charge in [-0.25, -0.2) is 4.79 Å². The molecule has 0 bridgehead atoms. The van der Waals surface area contributed by atoms with E-state index in [2.05, 4.69) is 10.3 Å². The molecule has 1 N–H and O–H groups in total. The molecule has 0 aliphatic carbocycles. The van der Waals surface area contributed by atoms with E-state index in [9.17, 15) is 22.8 Å². The van der Waals surface area contributed by atoms with Crippen molar-refractivity contribution in [3.05, 3.63) is 59.4 Å². The molecule has 1 aromatic carbocycles. The highest BCUT2D eigenvalue weighted by Gasteiger charge is 2.35. The average Bonchev–Trinajstić information content (AvgIpc) is 2.54. The van der Waals surface area contributed by atoms with Gasteiger partial charge in [0.15, 0.2) is 0 Å². The lowest BCUT2D eigenvalue weighted by Crippen LogP contribution is -2.20. The molecule has 0 atom stereocenters. The highest BCUT2D eigenvalue weighted by atomic mass is 19.4. The van der Waals surface area contributed by atoms with E-state index in [1.54, 1.807) is 13.0 Å². The summed E-state index contributed by atoms with van der Waals surface area (Å²) in [7, 11) is 0. The minimum atomic E-state index is -4.70. The smallest absolute Gasteiger partial charge is 0.417 e. The van der Waals surface area contributed by atoms with Crippen LogP contribution in [0.5, 0.6) is 0 Å². The molecule has 0 saturated heterocycles. The van der Waals surface area contributed by atoms with Crippen molar-refractivity contribution in [3.63, 3.8) is 0 Å². The van der Waals surface area contributed by atoms with E-state index in [4.69, 9.17) is 4.74 Å². The van der Waals surface area contributed by atoms with E-state index in [-0.39, 0.29) is 17.9 Å². The van der Waals surface area contributed by atoms with Crippen molar-refractivity contribution < 1.29 is 27.5 Å². The monoisotopic (exact) mass is 338 g/mol. The number of carbonyl (C=O) groups excluding carboxylic acids is 2. The van der Waals surface area contributed by atoms with Gasteiger partial charge in [-0.3, -0.25) is 9.78 Å². The first-order chi connectivity index (χ1) is 11.3. The summed E-state index contributed by atoms with van der Waals surface area (Å²) < 4.78 is 43.8. The van der Waals surface area contributed by atoms with Crippen molar-refractivity contribution in [2.45, 2.75) is 13.1 Å². The van der Waals surface area contributed by atoms with Crippen molar-refractivity contribution in [2.75, 3.05) is 11.9 Å². The van der Waals surface area contributed by atoms with Gasteiger partial charge < -0.3 is 10.1 Å². The van der Waals surface area contributed by atoms with E-state index in [1.807, 2.05) is 0 Å². The molecule has 0 unspecified atom stereocenters. The zero-order chi connectivity index (χ0) is 17.7. The minimum Gasteiger partial charge on any atom is -0.462 e. The third-order valence-corrected chi connectivity index (χ3v) is 3.04. The van der Waals surface area contributed by atoms with Gasteiger partial charge in [0.25, 0.3) is 5.91 Å². The standard InChI is InChI=1S/C16H13F3N2O3/c1-2-24-15(23)10-5-3-4-6-13(10)21-14(22)11-9-20-8-7-12(11)16(17,18)19/h3-9H,2H2,1H3,(H,21,22). The number of hydrogen-bond acceptors (Lipinski definition) is 4. The van der Waals surface area contributed by atoms with Crippen LogP contribution in [0.15, 0.2) is 42.7 Å². The van der Waals surface area contributed by atoms with Crippen molar-refractivity contribution in [1.82, 2.24) is 4.98 Å². The molecule has 5 nitrogen and oxygen atoms in total. The molecule has 0 aliphatic heterocycles. The van der Waals surface area contributed by atoms with Crippen LogP contribution in [0.4, 0.5) is 18.9 Å². The number of hydrogen-bond donors (Lipinski definition) is 1. The number of aromatic nitrogens is 1. The third kappa shape index (κ3) is 3.89. The number of esters is 1. The number of halogens is 3. The zero-order valence-electron chi connectivity index (χ0n) is 12.6. The largest absolute Gasteiger partial charge is 0.462 e. The number of anilines is 1. The predicted octanol–water partition coefficient (Wildman–Crippen LogP) is 3.53. The molecule has 24 heavy (non-hydrogen) atoms. The van der Waals surface area contributed by atoms with Crippen molar-refractivity contribution in [2.24, 2.45) is 0 Å². The zero-order valence-corrected chi connectivity index (χ0v) is 12.6. The number of rotatable bonds is 4. The summed E-state index contributed by atoms with van der Waals surface area (Å²) in [6, 6.07) is 6.60. The second-order valence-electron chi connectivity index (χ2n) is 4.64. The molecule has 8 heteroatoms. The van der Waals surface area contributed by atoms with Crippen LogP contribution in [-0.2, 0) is 10.9 Å². The number of amides is 1. The van der Waals surface area contributed by atoms with Crippen LogP contribution in [0.3, 0.4) is 0 Å². The Bertz CT molecular complexity index is 760. The average molecular weight is 338 g/mol. The van der Waals surface area contributed by atoms with E-state index in [1.165, 1.54) is 18.2 Å². The summed E-state index contributed by atoms with van der Waals surface area (Å²) in [6.45, 7) is 1.74. The first-order valence-corrected chi connectivity index (χ1v) is 6.93. The Balaban J connectivity index is 2.34. The van der Waals surface area contributed by atoms with Crippen LogP contribution in [0.2, 0.25) is 0 Å². The van der Waals surface area contributed by atoms with Gasteiger partial charge in [-0.1, -0.05) is 12.1 Å². The highest BCUT2D eigenvalue weighted by molar-refractivity contribution is 6.08. The van der Waals surface area contributed by atoms with E-state index >= 15 is 0 Å². The minimum absolute atomic E-state index is 0.0464. The number of nitrogens with zero attached hydrogens (tertiary/aromatic N) is 1. The van der Waals surface area contributed by atoms with Gasteiger partial charge in [-0.2, -0.15) is 13.2 Å². The molecule has 1 heterocycles. The normalized spacial score (nSPS) is 11.0. The number of carbonyl (C=O) groups is 2. The number of benzene rings is 1. The SMILES string of the molecule is CCOC(=O)c1ccccc1NC(=O)c1cnccc1C(F)(F)F. The van der Waals surface area contributed by atoms with Crippen molar-refractivity contribution in [3.8, 4) is 0 Å². The highest BCUT2D eigenvalue weighted by Crippen LogP contribution is 2.31. The molecular weight excluding hydrogens is 325 g/mol.